The Morgan fingerprint density at radius 1 is 1.33 bits per heavy atom. The average molecular weight is 265 g/mol. The number of nitrogens with one attached hydrogen (secondary N) is 1. The van der Waals surface area contributed by atoms with Crippen LogP contribution in [0, 0.1) is 13.8 Å². The third-order valence-electron chi connectivity index (χ3n) is 3.98. The molecule has 2 heterocycles. The molecule has 2 aromatic heterocycles. The van der Waals surface area contributed by atoms with Gasteiger partial charge < -0.3 is 5.32 Å². The molecule has 100 valence electrons. The van der Waals surface area contributed by atoms with Gasteiger partial charge in [-0.3, -0.25) is 4.40 Å². The normalized spacial score (nSPS) is 12.5. The van der Waals surface area contributed by atoms with Crippen LogP contribution in [0.25, 0.3) is 4.96 Å². The van der Waals surface area contributed by atoms with Crippen LogP contribution in [0.3, 0.4) is 0 Å². The van der Waals surface area contributed by atoms with E-state index in [1.54, 1.807) is 11.3 Å². The molecule has 0 spiro atoms. The Morgan fingerprint density at radius 2 is 2.00 bits per heavy atom. The highest BCUT2D eigenvalue weighted by atomic mass is 32.1. The molecule has 0 saturated carbocycles. The molecule has 0 aliphatic carbocycles. The van der Waals surface area contributed by atoms with E-state index in [9.17, 15) is 0 Å². The summed E-state index contributed by atoms with van der Waals surface area (Å²) >= 11 is 1.76. The van der Waals surface area contributed by atoms with Gasteiger partial charge in [0.25, 0.3) is 0 Å². The van der Waals surface area contributed by atoms with Gasteiger partial charge in [0.2, 0.25) is 0 Å². The number of hydrogen-bond donors (Lipinski definition) is 1. The summed E-state index contributed by atoms with van der Waals surface area (Å²) in [4.78, 5) is 7.05. The van der Waals surface area contributed by atoms with Gasteiger partial charge in [-0.05, 0) is 33.6 Å². The number of nitrogens with zero attached hydrogens (tertiary/aromatic N) is 2. The maximum Gasteiger partial charge on any atom is 0.194 e. The Labute approximate surface area is 113 Å². The number of fused-ring (bicyclic) bond motifs is 1. The van der Waals surface area contributed by atoms with Crippen LogP contribution in [0.5, 0.6) is 0 Å². The lowest BCUT2D eigenvalue weighted by Crippen LogP contribution is -2.40. The third kappa shape index (κ3) is 2.45. The van der Waals surface area contributed by atoms with E-state index in [4.69, 9.17) is 0 Å². The highest BCUT2D eigenvalue weighted by molar-refractivity contribution is 7.17. The fourth-order valence-electron chi connectivity index (χ4n) is 2.12. The Balaban J connectivity index is 2.23. The van der Waals surface area contributed by atoms with E-state index < -0.39 is 0 Å². The van der Waals surface area contributed by atoms with Crippen LogP contribution < -0.4 is 5.32 Å². The molecule has 0 amide bonds. The van der Waals surface area contributed by atoms with Crippen molar-refractivity contribution in [2.75, 3.05) is 0 Å². The van der Waals surface area contributed by atoms with Crippen LogP contribution in [0.1, 0.15) is 49.9 Å². The van der Waals surface area contributed by atoms with Gasteiger partial charge in [0.1, 0.15) is 0 Å². The molecule has 0 aliphatic rings. The van der Waals surface area contributed by atoms with Crippen molar-refractivity contribution in [1.29, 1.82) is 0 Å². The van der Waals surface area contributed by atoms with Crippen LogP contribution in [0.4, 0.5) is 0 Å². The summed E-state index contributed by atoms with van der Waals surface area (Å²) in [5.41, 5.74) is 2.66. The summed E-state index contributed by atoms with van der Waals surface area (Å²) in [6, 6.07) is 0. The quantitative estimate of drug-likeness (QED) is 0.893. The first-order valence-electron chi connectivity index (χ1n) is 6.68. The highest BCUT2D eigenvalue weighted by Crippen LogP contribution is 2.22. The molecule has 3 nitrogen and oxygen atoms in total. The molecule has 0 fully saturated rings. The van der Waals surface area contributed by atoms with Gasteiger partial charge in [-0.2, -0.15) is 0 Å². The summed E-state index contributed by atoms with van der Waals surface area (Å²) in [6.07, 6.45) is 4.48. The minimum absolute atomic E-state index is 0.224. The van der Waals surface area contributed by atoms with Crippen molar-refractivity contribution in [3.63, 3.8) is 0 Å². The lowest BCUT2D eigenvalue weighted by atomic mass is 9.95. The standard InChI is InChI=1S/C14H23N3S/c1-6-14(5,7-2)15-8-12-11(4)16-13-17(12)9-10(3)18-13/h9,15H,6-8H2,1-5H3. The molecule has 4 heteroatoms. The van der Waals surface area contributed by atoms with Gasteiger partial charge in [0, 0.05) is 23.2 Å². The fourth-order valence-corrected chi connectivity index (χ4v) is 3.01. The number of hydrogen-bond acceptors (Lipinski definition) is 3. The second kappa shape index (κ2) is 5.02. The molecule has 2 aromatic rings. The Hall–Kier alpha value is -0.870. The lowest BCUT2D eigenvalue weighted by molar-refractivity contribution is 0.327. The Morgan fingerprint density at radius 3 is 2.61 bits per heavy atom. The van der Waals surface area contributed by atoms with Gasteiger partial charge in [-0.1, -0.05) is 13.8 Å². The van der Waals surface area contributed by atoms with Crippen molar-refractivity contribution in [2.24, 2.45) is 0 Å². The molecule has 0 bridgehead atoms. The molecule has 0 saturated heterocycles. The lowest BCUT2D eigenvalue weighted by Gasteiger charge is -2.28. The zero-order valence-corrected chi connectivity index (χ0v) is 12.8. The van der Waals surface area contributed by atoms with E-state index in [2.05, 4.69) is 55.5 Å². The average Bonchev–Trinajstić information content (AvgIpc) is 2.82. The second-order valence-electron chi connectivity index (χ2n) is 5.26. The molecule has 0 aromatic carbocycles. The molecule has 0 radical (unpaired) electrons. The van der Waals surface area contributed by atoms with E-state index >= 15 is 0 Å². The predicted molar refractivity (Wildman–Crippen MR) is 78.4 cm³/mol. The third-order valence-corrected chi connectivity index (χ3v) is 4.88. The van der Waals surface area contributed by atoms with Crippen LogP contribution >= 0.6 is 11.3 Å². The van der Waals surface area contributed by atoms with E-state index in [1.807, 2.05) is 0 Å². The van der Waals surface area contributed by atoms with Crippen molar-refractivity contribution < 1.29 is 0 Å². The second-order valence-corrected chi connectivity index (χ2v) is 6.47. The minimum atomic E-state index is 0.224. The summed E-state index contributed by atoms with van der Waals surface area (Å²) in [5.74, 6) is 0. The molecule has 1 N–H and O–H groups in total. The van der Waals surface area contributed by atoms with Crippen LogP contribution in [-0.2, 0) is 6.54 Å². The Kier molecular flexibility index (Phi) is 3.78. The summed E-state index contributed by atoms with van der Waals surface area (Å²) in [7, 11) is 0. The van der Waals surface area contributed by atoms with Crippen molar-refractivity contribution in [3.05, 3.63) is 22.5 Å². The maximum atomic E-state index is 4.63. The summed E-state index contributed by atoms with van der Waals surface area (Å²) < 4.78 is 2.23. The van der Waals surface area contributed by atoms with Crippen molar-refractivity contribution in [1.82, 2.24) is 14.7 Å². The van der Waals surface area contributed by atoms with Gasteiger partial charge in [-0.25, -0.2) is 4.98 Å². The van der Waals surface area contributed by atoms with Crippen molar-refractivity contribution in [3.8, 4) is 0 Å². The van der Waals surface area contributed by atoms with Gasteiger partial charge in [0.05, 0.1) is 11.4 Å². The highest BCUT2D eigenvalue weighted by Gasteiger charge is 2.20. The number of aryl methyl sites for hydroxylation is 2. The topological polar surface area (TPSA) is 29.3 Å². The first-order valence-corrected chi connectivity index (χ1v) is 7.49. The van der Waals surface area contributed by atoms with Gasteiger partial charge >= 0.3 is 0 Å². The monoisotopic (exact) mass is 265 g/mol. The molecule has 18 heavy (non-hydrogen) atoms. The van der Waals surface area contributed by atoms with E-state index in [-0.39, 0.29) is 5.54 Å². The van der Waals surface area contributed by atoms with Crippen molar-refractivity contribution in [2.45, 2.75) is 59.5 Å². The van der Waals surface area contributed by atoms with Crippen LogP contribution in [0.2, 0.25) is 0 Å². The van der Waals surface area contributed by atoms with Gasteiger partial charge in [0.15, 0.2) is 4.96 Å². The van der Waals surface area contributed by atoms with Crippen LogP contribution in [-0.4, -0.2) is 14.9 Å². The summed E-state index contributed by atoms with van der Waals surface area (Å²) in [5, 5.41) is 3.68. The zero-order chi connectivity index (χ0) is 13.3. The number of aromatic nitrogens is 2. The zero-order valence-electron chi connectivity index (χ0n) is 12.0. The molecular weight excluding hydrogens is 242 g/mol. The molecule has 2 rings (SSSR count). The minimum Gasteiger partial charge on any atom is -0.306 e. The number of imidazole rings is 1. The number of thiazole rings is 1. The first-order chi connectivity index (χ1) is 8.49. The van der Waals surface area contributed by atoms with Crippen LogP contribution in [0.15, 0.2) is 6.20 Å². The smallest absolute Gasteiger partial charge is 0.194 e. The van der Waals surface area contributed by atoms with E-state index in [0.29, 0.717) is 0 Å². The first kappa shape index (κ1) is 13.6. The maximum absolute atomic E-state index is 4.63. The Bertz CT molecular complexity index is 534. The molecule has 0 aliphatic heterocycles. The largest absolute Gasteiger partial charge is 0.306 e. The van der Waals surface area contributed by atoms with Gasteiger partial charge in [-0.15, -0.1) is 11.3 Å². The fraction of sp³-hybridized carbons (Fsp3) is 0.643. The predicted octanol–water partition coefficient (Wildman–Crippen LogP) is 3.68. The molecular formula is C14H23N3S. The molecule has 0 atom stereocenters. The summed E-state index contributed by atoms with van der Waals surface area (Å²) in [6.45, 7) is 11.9. The van der Waals surface area contributed by atoms with E-state index in [1.165, 1.54) is 10.6 Å². The number of rotatable bonds is 5. The molecule has 0 unspecified atom stereocenters. The van der Waals surface area contributed by atoms with E-state index in [0.717, 1.165) is 30.0 Å². The van der Waals surface area contributed by atoms with Crippen molar-refractivity contribution >= 4 is 16.3 Å². The SMILES string of the molecule is CCC(C)(CC)NCc1c(C)nc2sc(C)cn12.